The van der Waals surface area contributed by atoms with Gasteiger partial charge in [0.2, 0.25) is 5.78 Å². The van der Waals surface area contributed by atoms with Crippen LogP contribution in [0.1, 0.15) is 10.4 Å². The van der Waals surface area contributed by atoms with Crippen molar-refractivity contribution in [1.82, 2.24) is 0 Å². The van der Waals surface area contributed by atoms with Crippen LogP contribution >= 0.6 is 0 Å². The van der Waals surface area contributed by atoms with Crippen molar-refractivity contribution >= 4 is 5.78 Å². The molecule has 0 amide bonds. The number of Topliss-reactive ketones (excluding diaryl/α,β-unsaturated/α-hetero) is 1. The normalized spacial score (nSPS) is 9.13. The molecule has 0 spiro atoms. The van der Waals surface area contributed by atoms with Crippen molar-refractivity contribution < 1.29 is 19.4 Å². The number of terminal acetylenes is 1. The van der Waals surface area contributed by atoms with Gasteiger partial charge in [0.1, 0.15) is 22.8 Å². The van der Waals surface area contributed by atoms with Crippen molar-refractivity contribution in [1.29, 1.82) is 0 Å². The molecule has 4 nitrogen and oxygen atoms in total. The van der Waals surface area contributed by atoms with Gasteiger partial charge in [-0.3, -0.25) is 4.79 Å². The Morgan fingerprint density at radius 1 is 1.40 bits per heavy atom. The van der Waals surface area contributed by atoms with Crippen LogP contribution in [0.3, 0.4) is 0 Å². The number of phenols is 1. The fourth-order valence-electron chi connectivity index (χ4n) is 1.16. The number of ether oxygens (including phenoxy) is 2. The number of carbonyl (C=O) groups is 1. The molecule has 0 aliphatic rings. The molecule has 1 N–H and O–H groups in total. The minimum atomic E-state index is -0.632. The zero-order valence-corrected chi connectivity index (χ0v) is 8.40. The first kappa shape index (κ1) is 10.9. The van der Waals surface area contributed by atoms with Crippen LogP contribution in [0.4, 0.5) is 0 Å². The Kier molecular flexibility index (Phi) is 3.19. The maximum absolute atomic E-state index is 11.3. The number of rotatable bonds is 3. The van der Waals surface area contributed by atoms with E-state index in [4.69, 9.17) is 15.9 Å². The maximum Gasteiger partial charge on any atom is 0.243 e. The Balaban J connectivity index is 3.39. The molecule has 0 fully saturated rings. The number of hydrogen-bond donors (Lipinski definition) is 1. The standard InChI is InChI=1S/C11H10O4/c1-4-8(12)11-9(13)5-7(14-2)6-10(11)15-3/h1,5-6,13H,2-3H3. The maximum atomic E-state index is 11.3. The zero-order chi connectivity index (χ0) is 11.4. The van der Waals surface area contributed by atoms with E-state index in [2.05, 4.69) is 0 Å². The van der Waals surface area contributed by atoms with Crippen molar-refractivity contribution in [3.8, 4) is 29.6 Å². The molecule has 0 saturated heterocycles. The van der Waals surface area contributed by atoms with Crippen LogP contribution in [-0.2, 0) is 0 Å². The summed E-state index contributed by atoms with van der Waals surface area (Å²) in [7, 11) is 2.82. The van der Waals surface area contributed by atoms with Gasteiger partial charge < -0.3 is 14.6 Å². The number of methoxy groups -OCH3 is 2. The van der Waals surface area contributed by atoms with Gasteiger partial charge in [0.15, 0.2) is 0 Å². The minimum Gasteiger partial charge on any atom is -0.507 e. The second-order valence-corrected chi connectivity index (χ2v) is 2.70. The predicted molar refractivity (Wildman–Crippen MR) is 54.4 cm³/mol. The second kappa shape index (κ2) is 4.38. The van der Waals surface area contributed by atoms with Crippen LogP contribution in [0, 0.1) is 12.3 Å². The van der Waals surface area contributed by atoms with Crippen LogP contribution in [0.5, 0.6) is 17.2 Å². The molecule has 0 saturated carbocycles. The number of ketones is 1. The fourth-order valence-corrected chi connectivity index (χ4v) is 1.16. The van der Waals surface area contributed by atoms with Crippen molar-refractivity contribution in [3.63, 3.8) is 0 Å². The first-order valence-corrected chi connectivity index (χ1v) is 4.10. The van der Waals surface area contributed by atoms with Gasteiger partial charge >= 0.3 is 0 Å². The van der Waals surface area contributed by atoms with Gasteiger partial charge in [0.25, 0.3) is 0 Å². The highest BCUT2D eigenvalue weighted by molar-refractivity contribution is 6.12. The van der Waals surface area contributed by atoms with Gasteiger partial charge in [-0.25, -0.2) is 0 Å². The molecule has 15 heavy (non-hydrogen) atoms. The molecule has 1 aromatic carbocycles. The zero-order valence-electron chi connectivity index (χ0n) is 8.40. The molecular formula is C11H10O4. The molecule has 1 rings (SSSR count). The summed E-state index contributed by atoms with van der Waals surface area (Å²) in [5.41, 5.74) is -0.0270. The van der Waals surface area contributed by atoms with Gasteiger partial charge in [0.05, 0.1) is 14.2 Å². The van der Waals surface area contributed by atoms with Crippen molar-refractivity contribution in [2.45, 2.75) is 0 Å². The van der Waals surface area contributed by atoms with Crippen LogP contribution in [0.15, 0.2) is 12.1 Å². The lowest BCUT2D eigenvalue weighted by molar-refractivity contribution is 0.105. The van der Waals surface area contributed by atoms with Crippen molar-refractivity contribution in [3.05, 3.63) is 17.7 Å². The molecule has 0 unspecified atom stereocenters. The van der Waals surface area contributed by atoms with E-state index in [0.717, 1.165) is 0 Å². The van der Waals surface area contributed by atoms with Gasteiger partial charge in [-0.1, -0.05) is 0 Å². The topological polar surface area (TPSA) is 55.8 Å². The van der Waals surface area contributed by atoms with E-state index in [-0.39, 0.29) is 17.1 Å². The van der Waals surface area contributed by atoms with Gasteiger partial charge in [0, 0.05) is 12.1 Å². The lowest BCUT2D eigenvalue weighted by atomic mass is 10.1. The Morgan fingerprint density at radius 3 is 2.53 bits per heavy atom. The summed E-state index contributed by atoms with van der Waals surface area (Å²) in [6.45, 7) is 0. The van der Waals surface area contributed by atoms with Crippen LogP contribution < -0.4 is 9.47 Å². The lowest BCUT2D eigenvalue weighted by Gasteiger charge is -2.09. The number of benzene rings is 1. The molecule has 0 aliphatic carbocycles. The van der Waals surface area contributed by atoms with E-state index in [1.54, 1.807) is 0 Å². The molecule has 78 valence electrons. The molecule has 0 atom stereocenters. The minimum absolute atomic E-state index is 0.0270. The van der Waals surface area contributed by atoms with Crippen LogP contribution in [0.2, 0.25) is 0 Å². The van der Waals surface area contributed by atoms with Crippen molar-refractivity contribution in [2.24, 2.45) is 0 Å². The number of carbonyl (C=O) groups excluding carboxylic acids is 1. The summed E-state index contributed by atoms with van der Waals surface area (Å²) in [5.74, 6) is 1.60. The number of phenolic OH excluding ortho intramolecular Hbond substituents is 1. The fraction of sp³-hybridized carbons (Fsp3) is 0.182. The summed E-state index contributed by atoms with van der Waals surface area (Å²) in [5, 5.41) is 9.56. The number of hydrogen-bond acceptors (Lipinski definition) is 4. The highest BCUT2D eigenvalue weighted by Crippen LogP contribution is 2.33. The van der Waals surface area contributed by atoms with Gasteiger partial charge in [-0.05, 0) is 5.92 Å². The van der Waals surface area contributed by atoms with Gasteiger partial charge in [-0.15, -0.1) is 6.42 Å². The Morgan fingerprint density at radius 2 is 2.07 bits per heavy atom. The molecule has 0 aromatic heterocycles. The summed E-state index contributed by atoms with van der Waals surface area (Å²) < 4.78 is 9.84. The Labute approximate surface area is 87.4 Å². The average molecular weight is 206 g/mol. The van der Waals surface area contributed by atoms with Crippen LogP contribution in [0.25, 0.3) is 0 Å². The predicted octanol–water partition coefficient (Wildman–Crippen LogP) is 1.23. The molecule has 0 heterocycles. The first-order valence-electron chi connectivity index (χ1n) is 4.10. The third-order valence-electron chi connectivity index (χ3n) is 1.87. The molecular weight excluding hydrogens is 196 g/mol. The molecule has 0 bridgehead atoms. The Bertz CT molecular complexity index is 429. The van der Waals surface area contributed by atoms with E-state index in [1.165, 1.54) is 26.4 Å². The van der Waals surface area contributed by atoms with E-state index < -0.39 is 5.78 Å². The molecule has 0 aliphatic heterocycles. The monoisotopic (exact) mass is 206 g/mol. The third-order valence-corrected chi connectivity index (χ3v) is 1.87. The first-order chi connectivity index (χ1) is 7.13. The SMILES string of the molecule is C#CC(=O)c1c(O)cc(OC)cc1OC. The van der Waals surface area contributed by atoms with Crippen molar-refractivity contribution in [2.75, 3.05) is 14.2 Å². The third kappa shape index (κ3) is 2.02. The van der Waals surface area contributed by atoms with Gasteiger partial charge in [-0.2, -0.15) is 0 Å². The average Bonchev–Trinajstić information content (AvgIpc) is 2.26. The molecule has 0 radical (unpaired) electrons. The Hall–Kier alpha value is -2.15. The summed E-state index contributed by atoms with van der Waals surface area (Å²) in [6.07, 6.45) is 4.97. The number of aromatic hydroxyl groups is 1. The highest BCUT2D eigenvalue weighted by Gasteiger charge is 2.17. The van der Waals surface area contributed by atoms with E-state index >= 15 is 0 Å². The van der Waals surface area contributed by atoms with E-state index in [0.29, 0.717) is 5.75 Å². The van der Waals surface area contributed by atoms with Crippen LogP contribution in [-0.4, -0.2) is 25.1 Å². The smallest absolute Gasteiger partial charge is 0.243 e. The quantitative estimate of drug-likeness (QED) is 0.459. The summed E-state index contributed by atoms with van der Waals surface area (Å²) >= 11 is 0. The molecule has 1 aromatic rings. The largest absolute Gasteiger partial charge is 0.507 e. The highest BCUT2D eigenvalue weighted by atomic mass is 16.5. The summed E-state index contributed by atoms with van der Waals surface area (Å²) in [4.78, 5) is 11.3. The van der Waals surface area contributed by atoms with E-state index in [1.807, 2.05) is 5.92 Å². The molecule has 4 heteroatoms. The lowest BCUT2D eigenvalue weighted by Crippen LogP contribution is -2.00. The van der Waals surface area contributed by atoms with E-state index in [9.17, 15) is 9.90 Å². The second-order valence-electron chi connectivity index (χ2n) is 2.70. The summed E-state index contributed by atoms with van der Waals surface area (Å²) in [6, 6.07) is 2.78.